The van der Waals surface area contributed by atoms with Crippen molar-refractivity contribution in [2.45, 2.75) is 58.4 Å². The lowest BCUT2D eigenvalue weighted by atomic mass is 9.91. The molecule has 2 N–H and O–H groups in total. The molecule has 0 aromatic carbocycles. The molecule has 15 heavy (non-hydrogen) atoms. The van der Waals surface area contributed by atoms with Gasteiger partial charge in [-0.3, -0.25) is 0 Å². The second-order valence-corrected chi connectivity index (χ2v) is 4.37. The van der Waals surface area contributed by atoms with E-state index in [9.17, 15) is 0 Å². The first-order valence-corrected chi connectivity index (χ1v) is 5.66. The van der Waals surface area contributed by atoms with Crippen molar-refractivity contribution in [1.82, 2.24) is 10.1 Å². The maximum absolute atomic E-state index is 6.26. The Kier molecular flexibility index (Phi) is 3.85. The highest BCUT2D eigenvalue weighted by atomic mass is 16.5. The monoisotopic (exact) mass is 211 g/mol. The van der Waals surface area contributed by atoms with E-state index in [-0.39, 0.29) is 5.92 Å². The minimum atomic E-state index is -0.425. The molecule has 86 valence electrons. The smallest absolute Gasteiger partial charge is 0.229 e. The molecule has 0 aliphatic heterocycles. The Hall–Kier alpha value is -0.900. The largest absolute Gasteiger partial charge is 0.339 e. The molecule has 0 spiro atoms. The van der Waals surface area contributed by atoms with Crippen LogP contribution in [0.3, 0.4) is 0 Å². The van der Waals surface area contributed by atoms with E-state index >= 15 is 0 Å². The van der Waals surface area contributed by atoms with E-state index in [1.165, 1.54) is 0 Å². The lowest BCUT2D eigenvalue weighted by Crippen LogP contribution is -2.37. The van der Waals surface area contributed by atoms with E-state index in [0.717, 1.165) is 19.3 Å². The third-order valence-corrected chi connectivity index (χ3v) is 2.71. The number of hydrogen-bond acceptors (Lipinski definition) is 4. The molecular weight excluding hydrogens is 190 g/mol. The van der Waals surface area contributed by atoms with Gasteiger partial charge in [-0.1, -0.05) is 39.3 Å². The molecule has 1 heterocycles. The first-order chi connectivity index (χ1) is 7.03. The zero-order valence-electron chi connectivity index (χ0n) is 10.1. The summed E-state index contributed by atoms with van der Waals surface area (Å²) in [6.45, 7) is 8.23. The van der Waals surface area contributed by atoms with Crippen LogP contribution in [0.2, 0.25) is 0 Å². The van der Waals surface area contributed by atoms with E-state index in [1.54, 1.807) is 0 Å². The molecule has 0 aliphatic carbocycles. The van der Waals surface area contributed by atoms with Crippen LogP contribution < -0.4 is 5.73 Å². The highest BCUT2D eigenvalue weighted by Crippen LogP contribution is 2.25. The van der Waals surface area contributed by atoms with Crippen LogP contribution in [0.15, 0.2) is 4.52 Å². The Morgan fingerprint density at radius 1 is 1.40 bits per heavy atom. The van der Waals surface area contributed by atoms with Crippen molar-refractivity contribution in [1.29, 1.82) is 0 Å². The predicted octanol–water partition coefficient (Wildman–Crippen LogP) is 2.56. The molecule has 1 atom stereocenters. The summed E-state index contributed by atoms with van der Waals surface area (Å²) >= 11 is 0. The molecule has 0 amide bonds. The zero-order chi connectivity index (χ0) is 11.5. The van der Waals surface area contributed by atoms with Crippen molar-refractivity contribution < 1.29 is 4.52 Å². The SMILES string of the molecule is CCCC(N)(CC)c1noc(C(C)C)n1. The average molecular weight is 211 g/mol. The standard InChI is InChI=1S/C11H21N3O/c1-5-7-11(12,6-2)10-13-9(8(3)4)15-14-10/h8H,5-7,12H2,1-4H3. The van der Waals surface area contributed by atoms with Gasteiger partial charge in [-0.2, -0.15) is 4.98 Å². The lowest BCUT2D eigenvalue weighted by Gasteiger charge is -2.23. The highest BCUT2D eigenvalue weighted by molar-refractivity contribution is 5.04. The second-order valence-electron chi connectivity index (χ2n) is 4.37. The van der Waals surface area contributed by atoms with E-state index in [2.05, 4.69) is 24.0 Å². The van der Waals surface area contributed by atoms with Gasteiger partial charge in [-0.25, -0.2) is 0 Å². The van der Waals surface area contributed by atoms with Crippen LogP contribution in [-0.2, 0) is 5.54 Å². The molecule has 4 heteroatoms. The Balaban J connectivity index is 2.92. The van der Waals surface area contributed by atoms with Crippen molar-refractivity contribution >= 4 is 0 Å². The fraction of sp³-hybridized carbons (Fsp3) is 0.818. The van der Waals surface area contributed by atoms with Crippen LogP contribution in [-0.4, -0.2) is 10.1 Å². The van der Waals surface area contributed by atoms with Crippen molar-refractivity contribution in [3.63, 3.8) is 0 Å². The molecule has 0 bridgehead atoms. The van der Waals surface area contributed by atoms with Gasteiger partial charge < -0.3 is 10.3 Å². The van der Waals surface area contributed by atoms with Gasteiger partial charge in [-0.05, 0) is 12.8 Å². The van der Waals surface area contributed by atoms with Crippen LogP contribution in [0, 0.1) is 0 Å². The Labute approximate surface area is 91.2 Å². The van der Waals surface area contributed by atoms with E-state index in [1.807, 2.05) is 13.8 Å². The molecule has 1 aromatic heterocycles. The van der Waals surface area contributed by atoms with Crippen LogP contribution in [0.4, 0.5) is 0 Å². The summed E-state index contributed by atoms with van der Waals surface area (Å²) in [5.41, 5.74) is 5.83. The van der Waals surface area contributed by atoms with Gasteiger partial charge in [0.15, 0.2) is 5.82 Å². The van der Waals surface area contributed by atoms with E-state index in [4.69, 9.17) is 10.3 Å². The van der Waals surface area contributed by atoms with Crippen LogP contribution >= 0.6 is 0 Å². The molecule has 0 radical (unpaired) electrons. The third kappa shape index (κ3) is 2.56. The maximum Gasteiger partial charge on any atom is 0.229 e. The third-order valence-electron chi connectivity index (χ3n) is 2.71. The summed E-state index contributed by atoms with van der Waals surface area (Å²) in [7, 11) is 0. The van der Waals surface area contributed by atoms with E-state index in [0.29, 0.717) is 11.7 Å². The number of nitrogens with zero attached hydrogens (tertiary/aromatic N) is 2. The van der Waals surface area contributed by atoms with Gasteiger partial charge in [0.2, 0.25) is 5.89 Å². The summed E-state index contributed by atoms with van der Waals surface area (Å²) < 4.78 is 5.18. The summed E-state index contributed by atoms with van der Waals surface area (Å²) in [5.74, 6) is 1.58. The fourth-order valence-electron chi connectivity index (χ4n) is 1.56. The fourth-order valence-corrected chi connectivity index (χ4v) is 1.56. The van der Waals surface area contributed by atoms with Crippen LogP contribution in [0.5, 0.6) is 0 Å². The number of aromatic nitrogens is 2. The summed E-state index contributed by atoms with van der Waals surface area (Å²) in [6.07, 6.45) is 2.74. The van der Waals surface area contributed by atoms with Crippen molar-refractivity contribution in [3.05, 3.63) is 11.7 Å². The minimum absolute atomic E-state index is 0.258. The van der Waals surface area contributed by atoms with Crippen LogP contribution in [0.25, 0.3) is 0 Å². The van der Waals surface area contributed by atoms with Gasteiger partial charge >= 0.3 is 0 Å². The minimum Gasteiger partial charge on any atom is -0.339 e. The van der Waals surface area contributed by atoms with Crippen molar-refractivity contribution in [2.75, 3.05) is 0 Å². The van der Waals surface area contributed by atoms with Crippen molar-refractivity contribution in [2.24, 2.45) is 5.73 Å². The quantitative estimate of drug-likeness (QED) is 0.812. The molecule has 0 saturated carbocycles. The average Bonchev–Trinajstić information content (AvgIpc) is 2.67. The summed E-state index contributed by atoms with van der Waals surface area (Å²) in [5, 5.41) is 3.99. The number of rotatable bonds is 5. The predicted molar refractivity (Wildman–Crippen MR) is 59.5 cm³/mol. The van der Waals surface area contributed by atoms with Gasteiger partial charge in [-0.15, -0.1) is 0 Å². The highest BCUT2D eigenvalue weighted by Gasteiger charge is 2.30. The van der Waals surface area contributed by atoms with Crippen molar-refractivity contribution in [3.8, 4) is 0 Å². The Bertz CT molecular complexity index is 309. The molecule has 1 rings (SSSR count). The van der Waals surface area contributed by atoms with Crippen LogP contribution in [0.1, 0.15) is 64.6 Å². The lowest BCUT2D eigenvalue weighted by molar-refractivity contribution is 0.322. The van der Waals surface area contributed by atoms with Gasteiger partial charge in [0.25, 0.3) is 0 Å². The summed E-state index contributed by atoms with van der Waals surface area (Å²) in [4.78, 5) is 4.37. The van der Waals surface area contributed by atoms with E-state index < -0.39 is 5.54 Å². The Morgan fingerprint density at radius 2 is 2.07 bits per heavy atom. The van der Waals surface area contributed by atoms with Gasteiger partial charge in [0.1, 0.15) is 0 Å². The molecule has 1 unspecified atom stereocenters. The first-order valence-electron chi connectivity index (χ1n) is 5.66. The van der Waals surface area contributed by atoms with Gasteiger partial charge in [0.05, 0.1) is 5.54 Å². The molecule has 0 aliphatic rings. The first kappa shape index (κ1) is 12.2. The molecule has 1 aromatic rings. The second kappa shape index (κ2) is 4.75. The molecular formula is C11H21N3O. The topological polar surface area (TPSA) is 64.9 Å². The number of hydrogen-bond donors (Lipinski definition) is 1. The molecule has 0 saturated heterocycles. The maximum atomic E-state index is 6.26. The normalized spacial score (nSPS) is 15.6. The Morgan fingerprint density at radius 3 is 2.47 bits per heavy atom. The zero-order valence-corrected chi connectivity index (χ0v) is 10.1. The molecule has 4 nitrogen and oxygen atoms in total. The van der Waals surface area contributed by atoms with Gasteiger partial charge in [0, 0.05) is 5.92 Å². The summed E-state index contributed by atoms with van der Waals surface area (Å²) in [6, 6.07) is 0. The molecule has 0 fully saturated rings. The number of nitrogens with two attached hydrogens (primary N) is 1.